The fourth-order valence-electron chi connectivity index (χ4n) is 3.09. The molecule has 2 heterocycles. The van der Waals surface area contributed by atoms with Crippen molar-refractivity contribution in [3.8, 4) is 0 Å². The van der Waals surface area contributed by atoms with E-state index in [4.69, 9.17) is 10.5 Å². The van der Waals surface area contributed by atoms with Crippen LogP contribution in [-0.2, 0) is 4.74 Å². The van der Waals surface area contributed by atoms with Crippen molar-refractivity contribution < 1.29 is 4.74 Å². The van der Waals surface area contributed by atoms with Gasteiger partial charge in [0.05, 0.1) is 16.4 Å². The SMILES string of the molecule is CCC(N)C(c1ccc(Br)s1)N1CCCC(COC)C1. The van der Waals surface area contributed by atoms with Crippen molar-refractivity contribution in [1.82, 2.24) is 4.90 Å². The maximum Gasteiger partial charge on any atom is 0.0702 e. The van der Waals surface area contributed by atoms with E-state index in [2.05, 4.69) is 39.9 Å². The number of thiophene rings is 1. The summed E-state index contributed by atoms with van der Waals surface area (Å²) in [6.45, 7) is 5.28. The average molecular weight is 361 g/mol. The van der Waals surface area contributed by atoms with Crippen LogP contribution in [0, 0.1) is 5.92 Å². The number of nitrogens with zero attached hydrogens (tertiary/aromatic N) is 1. The standard InChI is InChI=1S/C15H25BrN2OS/c1-3-12(17)15(13-6-7-14(16)20-13)18-8-4-5-11(9-18)10-19-2/h6-7,11-12,15H,3-5,8-10,17H2,1-2H3. The Hall–Kier alpha value is 0.0600. The molecule has 3 nitrogen and oxygen atoms in total. The summed E-state index contributed by atoms with van der Waals surface area (Å²) in [6.07, 6.45) is 3.52. The minimum atomic E-state index is 0.196. The van der Waals surface area contributed by atoms with Gasteiger partial charge in [0.15, 0.2) is 0 Å². The van der Waals surface area contributed by atoms with Crippen molar-refractivity contribution in [2.45, 2.75) is 38.3 Å². The molecule has 5 heteroatoms. The molecule has 0 amide bonds. The molecule has 20 heavy (non-hydrogen) atoms. The van der Waals surface area contributed by atoms with Crippen LogP contribution < -0.4 is 5.73 Å². The minimum Gasteiger partial charge on any atom is -0.384 e. The normalized spacial score (nSPS) is 23.7. The summed E-state index contributed by atoms with van der Waals surface area (Å²) in [5.41, 5.74) is 6.43. The third-order valence-corrected chi connectivity index (χ3v) is 5.80. The van der Waals surface area contributed by atoms with Gasteiger partial charge in [-0.1, -0.05) is 6.92 Å². The van der Waals surface area contributed by atoms with Crippen LogP contribution in [0.25, 0.3) is 0 Å². The molecule has 1 aliphatic rings. The summed E-state index contributed by atoms with van der Waals surface area (Å²) >= 11 is 5.38. The van der Waals surface area contributed by atoms with E-state index in [0.29, 0.717) is 12.0 Å². The number of ether oxygens (including phenoxy) is 1. The van der Waals surface area contributed by atoms with Gasteiger partial charge in [-0.25, -0.2) is 0 Å². The van der Waals surface area contributed by atoms with Gasteiger partial charge in [0, 0.05) is 24.6 Å². The number of nitrogens with two attached hydrogens (primary N) is 1. The van der Waals surface area contributed by atoms with Crippen LogP contribution in [-0.4, -0.2) is 37.7 Å². The topological polar surface area (TPSA) is 38.5 Å². The molecule has 0 saturated carbocycles. The second kappa shape index (κ2) is 7.90. The molecule has 0 aromatic carbocycles. The molecular formula is C15H25BrN2OS. The van der Waals surface area contributed by atoms with Gasteiger partial charge in [-0.15, -0.1) is 11.3 Å². The fourth-order valence-corrected chi connectivity index (χ4v) is 4.73. The van der Waals surface area contributed by atoms with Gasteiger partial charge in [0.25, 0.3) is 0 Å². The molecule has 3 unspecified atom stereocenters. The first-order chi connectivity index (χ1) is 9.65. The van der Waals surface area contributed by atoms with Gasteiger partial charge in [-0.05, 0) is 59.8 Å². The number of methoxy groups -OCH3 is 1. The lowest BCUT2D eigenvalue weighted by molar-refractivity contribution is 0.0607. The summed E-state index contributed by atoms with van der Waals surface area (Å²) in [5, 5.41) is 0. The summed E-state index contributed by atoms with van der Waals surface area (Å²) in [5.74, 6) is 0.642. The average Bonchev–Trinajstić information content (AvgIpc) is 2.86. The highest BCUT2D eigenvalue weighted by atomic mass is 79.9. The Kier molecular flexibility index (Phi) is 6.49. The Morgan fingerprint density at radius 1 is 1.55 bits per heavy atom. The number of rotatable bonds is 6. The molecule has 2 rings (SSSR count). The predicted octanol–water partition coefficient (Wildman–Crippen LogP) is 3.65. The molecule has 1 saturated heterocycles. The molecule has 0 radical (unpaired) electrons. The molecule has 0 aliphatic carbocycles. The fraction of sp³-hybridized carbons (Fsp3) is 0.733. The molecule has 114 valence electrons. The Labute approximate surface area is 134 Å². The molecule has 2 N–H and O–H groups in total. The van der Waals surface area contributed by atoms with E-state index in [-0.39, 0.29) is 6.04 Å². The monoisotopic (exact) mass is 360 g/mol. The van der Waals surface area contributed by atoms with Crippen LogP contribution in [0.3, 0.4) is 0 Å². The Morgan fingerprint density at radius 3 is 2.95 bits per heavy atom. The number of hydrogen-bond donors (Lipinski definition) is 1. The lowest BCUT2D eigenvalue weighted by Crippen LogP contribution is -2.46. The number of halogens is 1. The van der Waals surface area contributed by atoms with E-state index in [0.717, 1.165) is 26.1 Å². The van der Waals surface area contributed by atoms with Crippen molar-refractivity contribution in [2.75, 3.05) is 26.8 Å². The van der Waals surface area contributed by atoms with Crippen molar-refractivity contribution in [1.29, 1.82) is 0 Å². The third-order valence-electron chi connectivity index (χ3n) is 4.11. The van der Waals surface area contributed by atoms with Gasteiger partial charge in [0.2, 0.25) is 0 Å². The summed E-state index contributed by atoms with van der Waals surface area (Å²) < 4.78 is 6.53. The molecule has 0 bridgehead atoms. The van der Waals surface area contributed by atoms with Crippen LogP contribution in [0.2, 0.25) is 0 Å². The Morgan fingerprint density at radius 2 is 2.35 bits per heavy atom. The van der Waals surface area contributed by atoms with E-state index in [9.17, 15) is 0 Å². The number of likely N-dealkylation sites (tertiary alicyclic amines) is 1. The molecule has 1 aliphatic heterocycles. The van der Waals surface area contributed by atoms with Crippen molar-refractivity contribution in [3.05, 3.63) is 20.8 Å². The summed E-state index contributed by atoms with van der Waals surface area (Å²) in [4.78, 5) is 3.95. The van der Waals surface area contributed by atoms with Gasteiger partial charge >= 0.3 is 0 Å². The summed E-state index contributed by atoms with van der Waals surface area (Å²) in [7, 11) is 1.80. The Balaban J connectivity index is 2.14. The lowest BCUT2D eigenvalue weighted by Gasteiger charge is -2.40. The first-order valence-corrected chi connectivity index (χ1v) is 9.00. The highest BCUT2D eigenvalue weighted by molar-refractivity contribution is 9.11. The highest BCUT2D eigenvalue weighted by Gasteiger charge is 2.31. The second-order valence-electron chi connectivity index (χ2n) is 5.62. The minimum absolute atomic E-state index is 0.196. The quantitative estimate of drug-likeness (QED) is 0.841. The second-order valence-corrected chi connectivity index (χ2v) is 8.11. The summed E-state index contributed by atoms with van der Waals surface area (Å²) in [6, 6.07) is 4.89. The maximum absolute atomic E-state index is 6.43. The zero-order chi connectivity index (χ0) is 14.5. The molecule has 0 spiro atoms. The van der Waals surface area contributed by atoms with Crippen molar-refractivity contribution in [2.24, 2.45) is 11.7 Å². The van der Waals surface area contributed by atoms with Crippen LogP contribution >= 0.6 is 27.3 Å². The number of piperidine rings is 1. The van der Waals surface area contributed by atoms with Crippen LogP contribution in [0.1, 0.15) is 37.1 Å². The first-order valence-electron chi connectivity index (χ1n) is 7.39. The molecule has 3 atom stereocenters. The zero-order valence-electron chi connectivity index (χ0n) is 12.3. The maximum atomic E-state index is 6.43. The Bertz CT molecular complexity index is 410. The molecule has 1 fully saturated rings. The lowest BCUT2D eigenvalue weighted by atomic mass is 9.94. The van der Waals surface area contributed by atoms with Crippen molar-refractivity contribution >= 4 is 27.3 Å². The first kappa shape index (κ1) is 16.4. The smallest absolute Gasteiger partial charge is 0.0702 e. The van der Waals surface area contributed by atoms with Gasteiger partial charge in [-0.2, -0.15) is 0 Å². The molecular weight excluding hydrogens is 336 g/mol. The number of hydrogen-bond acceptors (Lipinski definition) is 4. The van der Waals surface area contributed by atoms with Gasteiger partial charge < -0.3 is 10.5 Å². The van der Waals surface area contributed by atoms with E-state index >= 15 is 0 Å². The van der Waals surface area contributed by atoms with Gasteiger partial charge in [0.1, 0.15) is 0 Å². The van der Waals surface area contributed by atoms with Crippen molar-refractivity contribution in [3.63, 3.8) is 0 Å². The van der Waals surface area contributed by atoms with E-state index in [1.54, 1.807) is 7.11 Å². The van der Waals surface area contributed by atoms with E-state index in [1.807, 2.05) is 11.3 Å². The highest BCUT2D eigenvalue weighted by Crippen LogP contribution is 2.35. The van der Waals surface area contributed by atoms with E-state index < -0.39 is 0 Å². The molecule has 1 aromatic rings. The third kappa shape index (κ3) is 4.04. The predicted molar refractivity (Wildman–Crippen MR) is 89.2 cm³/mol. The van der Waals surface area contributed by atoms with E-state index in [1.165, 1.54) is 21.5 Å². The van der Waals surface area contributed by atoms with Gasteiger partial charge in [-0.3, -0.25) is 4.90 Å². The van der Waals surface area contributed by atoms with Crippen LogP contribution in [0.15, 0.2) is 15.9 Å². The van der Waals surface area contributed by atoms with Crippen LogP contribution in [0.5, 0.6) is 0 Å². The zero-order valence-corrected chi connectivity index (χ0v) is 14.8. The van der Waals surface area contributed by atoms with Crippen LogP contribution in [0.4, 0.5) is 0 Å². The largest absolute Gasteiger partial charge is 0.384 e. The molecule has 1 aromatic heterocycles.